The zero-order chi connectivity index (χ0) is 13.8. The van der Waals surface area contributed by atoms with E-state index in [1.165, 1.54) is 13.0 Å². The molecule has 1 heterocycles. The summed E-state index contributed by atoms with van der Waals surface area (Å²) in [6, 6.07) is 8.32. The molecule has 0 saturated carbocycles. The highest BCUT2D eigenvalue weighted by Crippen LogP contribution is 2.21. The molecule has 0 radical (unpaired) electrons. The van der Waals surface area contributed by atoms with Crippen molar-refractivity contribution in [2.45, 2.75) is 13.5 Å². The van der Waals surface area contributed by atoms with E-state index in [2.05, 4.69) is 4.98 Å². The Bertz CT molecular complexity index is 584. The van der Waals surface area contributed by atoms with E-state index in [4.69, 9.17) is 0 Å². The molecule has 98 valence electrons. The number of halogens is 1. The Hall–Kier alpha value is -2.23. The Morgan fingerprint density at radius 2 is 2.16 bits per heavy atom. The van der Waals surface area contributed by atoms with Gasteiger partial charge in [-0.05, 0) is 36.8 Å². The lowest BCUT2D eigenvalue weighted by molar-refractivity contribution is 0.101. The summed E-state index contributed by atoms with van der Waals surface area (Å²) < 4.78 is 14.0. The fraction of sp³-hybridized carbons (Fsp3) is 0.200. The van der Waals surface area contributed by atoms with E-state index in [-0.39, 0.29) is 11.6 Å². The number of carbonyl (C=O) groups excluding carboxylic acids is 1. The van der Waals surface area contributed by atoms with Crippen LogP contribution in [0.1, 0.15) is 22.8 Å². The number of aromatic nitrogens is 1. The summed E-state index contributed by atoms with van der Waals surface area (Å²) in [4.78, 5) is 17.0. The fourth-order valence-corrected chi connectivity index (χ4v) is 1.89. The van der Waals surface area contributed by atoms with Crippen molar-refractivity contribution >= 4 is 11.5 Å². The number of rotatable bonds is 4. The first-order valence-electron chi connectivity index (χ1n) is 5.98. The van der Waals surface area contributed by atoms with E-state index >= 15 is 0 Å². The van der Waals surface area contributed by atoms with Gasteiger partial charge in [-0.2, -0.15) is 0 Å². The topological polar surface area (TPSA) is 33.2 Å². The summed E-state index contributed by atoms with van der Waals surface area (Å²) in [7, 11) is 1.80. The molecule has 0 saturated heterocycles. The quantitative estimate of drug-likeness (QED) is 0.790. The molecule has 4 heteroatoms. The van der Waals surface area contributed by atoms with Gasteiger partial charge in [0.15, 0.2) is 5.78 Å². The molecule has 0 aliphatic heterocycles. The van der Waals surface area contributed by atoms with Crippen LogP contribution in [-0.2, 0) is 6.54 Å². The van der Waals surface area contributed by atoms with Crippen LogP contribution in [0.2, 0.25) is 0 Å². The van der Waals surface area contributed by atoms with Gasteiger partial charge in [-0.25, -0.2) is 4.39 Å². The van der Waals surface area contributed by atoms with Gasteiger partial charge < -0.3 is 4.90 Å². The third-order valence-corrected chi connectivity index (χ3v) is 2.91. The molecule has 0 fully saturated rings. The number of pyridine rings is 1. The van der Waals surface area contributed by atoms with Crippen molar-refractivity contribution in [2.24, 2.45) is 0 Å². The predicted octanol–water partition coefficient (Wildman–Crippen LogP) is 3.06. The van der Waals surface area contributed by atoms with Crippen molar-refractivity contribution in [1.29, 1.82) is 0 Å². The van der Waals surface area contributed by atoms with Crippen LogP contribution in [0.25, 0.3) is 0 Å². The van der Waals surface area contributed by atoms with Crippen LogP contribution in [0.3, 0.4) is 0 Å². The average molecular weight is 258 g/mol. The summed E-state index contributed by atoms with van der Waals surface area (Å²) in [5.74, 6) is -0.528. The standard InChI is InChI=1S/C15H15FN2O/c1-11(19)13-5-6-15(14(16)8-13)18(2)10-12-4-3-7-17-9-12/h3-9H,10H2,1-2H3. The summed E-state index contributed by atoms with van der Waals surface area (Å²) in [5, 5.41) is 0. The maximum absolute atomic E-state index is 14.0. The summed E-state index contributed by atoms with van der Waals surface area (Å²) in [5.41, 5.74) is 1.85. The first-order valence-corrected chi connectivity index (χ1v) is 5.98. The molecule has 1 aromatic carbocycles. The Kier molecular flexibility index (Phi) is 3.90. The third-order valence-electron chi connectivity index (χ3n) is 2.91. The molecule has 0 bridgehead atoms. The molecule has 0 aliphatic rings. The fourth-order valence-electron chi connectivity index (χ4n) is 1.89. The van der Waals surface area contributed by atoms with Crippen molar-refractivity contribution < 1.29 is 9.18 Å². The van der Waals surface area contributed by atoms with E-state index in [9.17, 15) is 9.18 Å². The lowest BCUT2D eigenvalue weighted by Gasteiger charge is -2.20. The molecule has 1 aromatic heterocycles. The Morgan fingerprint density at radius 3 is 2.74 bits per heavy atom. The van der Waals surface area contributed by atoms with Crippen LogP contribution in [0.15, 0.2) is 42.7 Å². The third kappa shape index (κ3) is 3.16. The number of benzene rings is 1. The highest BCUT2D eigenvalue weighted by Gasteiger charge is 2.10. The molecule has 0 unspecified atom stereocenters. The van der Waals surface area contributed by atoms with Gasteiger partial charge in [-0.1, -0.05) is 6.07 Å². The van der Waals surface area contributed by atoms with Crippen molar-refractivity contribution in [3.8, 4) is 0 Å². The first kappa shape index (κ1) is 13.2. The lowest BCUT2D eigenvalue weighted by Crippen LogP contribution is -2.18. The minimum Gasteiger partial charge on any atom is -0.368 e. The van der Waals surface area contributed by atoms with Gasteiger partial charge in [0.1, 0.15) is 5.82 Å². The van der Waals surface area contributed by atoms with Gasteiger partial charge in [0.2, 0.25) is 0 Å². The van der Waals surface area contributed by atoms with Crippen LogP contribution in [0.4, 0.5) is 10.1 Å². The molecule has 0 N–H and O–H groups in total. The maximum Gasteiger partial charge on any atom is 0.159 e. The first-order chi connectivity index (χ1) is 9.08. The maximum atomic E-state index is 14.0. The highest BCUT2D eigenvalue weighted by atomic mass is 19.1. The van der Waals surface area contributed by atoms with Crippen molar-refractivity contribution in [3.63, 3.8) is 0 Å². The largest absolute Gasteiger partial charge is 0.368 e. The molecule has 0 spiro atoms. The van der Waals surface area contributed by atoms with Crippen molar-refractivity contribution in [1.82, 2.24) is 4.98 Å². The zero-order valence-electron chi connectivity index (χ0n) is 10.9. The van der Waals surface area contributed by atoms with Crippen LogP contribution in [-0.4, -0.2) is 17.8 Å². The second kappa shape index (κ2) is 5.61. The number of Topliss-reactive ketones (excluding diaryl/α,β-unsaturated/α-hetero) is 1. The monoisotopic (exact) mass is 258 g/mol. The van der Waals surface area contributed by atoms with E-state index in [0.717, 1.165) is 5.56 Å². The number of hydrogen-bond donors (Lipinski definition) is 0. The average Bonchev–Trinajstić information content (AvgIpc) is 2.39. The SMILES string of the molecule is CC(=O)c1ccc(N(C)Cc2cccnc2)c(F)c1. The normalized spacial score (nSPS) is 10.3. The van der Waals surface area contributed by atoms with Gasteiger partial charge in [-0.3, -0.25) is 9.78 Å². The zero-order valence-corrected chi connectivity index (χ0v) is 10.9. The Morgan fingerprint density at radius 1 is 1.37 bits per heavy atom. The smallest absolute Gasteiger partial charge is 0.159 e. The Balaban J connectivity index is 2.20. The summed E-state index contributed by atoms with van der Waals surface area (Å²) >= 11 is 0. The molecule has 2 rings (SSSR count). The number of ketones is 1. The number of carbonyl (C=O) groups is 1. The summed E-state index contributed by atoms with van der Waals surface area (Å²) in [6.45, 7) is 1.98. The van der Waals surface area contributed by atoms with Crippen LogP contribution in [0.5, 0.6) is 0 Å². The molecule has 3 nitrogen and oxygen atoms in total. The number of anilines is 1. The lowest BCUT2D eigenvalue weighted by atomic mass is 10.1. The van der Waals surface area contributed by atoms with Gasteiger partial charge in [0, 0.05) is 31.5 Å². The molecule has 0 atom stereocenters. The molecule has 0 aliphatic carbocycles. The predicted molar refractivity (Wildman–Crippen MR) is 72.7 cm³/mol. The molecular weight excluding hydrogens is 243 g/mol. The minimum atomic E-state index is -0.390. The molecule has 19 heavy (non-hydrogen) atoms. The molecular formula is C15H15FN2O. The molecule has 0 amide bonds. The number of hydrogen-bond acceptors (Lipinski definition) is 3. The van der Waals surface area contributed by atoms with Crippen LogP contribution < -0.4 is 4.90 Å². The van der Waals surface area contributed by atoms with E-state index in [1.54, 1.807) is 36.5 Å². The van der Waals surface area contributed by atoms with E-state index in [0.29, 0.717) is 17.8 Å². The van der Waals surface area contributed by atoms with Crippen LogP contribution >= 0.6 is 0 Å². The second-order valence-corrected chi connectivity index (χ2v) is 4.44. The second-order valence-electron chi connectivity index (χ2n) is 4.44. The van der Waals surface area contributed by atoms with E-state index < -0.39 is 0 Å². The van der Waals surface area contributed by atoms with Crippen molar-refractivity contribution in [3.05, 3.63) is 59.7 Å². The van der Waals surface area contributed by atoms with Gasteiger partial charge in [0.05, 0.1) is 5.69 Å². The highest BCUT2D eigenvalue weighted by molar-refractivity contribution is 5.94. The van der Waals surface area contributed by atoms with E-state index in [1.807, 2.05) is 12.1 Å². The van der Waals surface area contributed by atoms with Crippen LogP contribution in [0, 0.1) is 5.82 Å². The minimum absolute atomic E-state index is 0.139. The number of nitrogens with zero attached hydrogens (tertiary/aromatic N) is 2. The summed E-state index contributed by atoms with van der Waals surface area (Å²) in [6.07, 6.45) is 3.45. The Labute approximate surface area is 111 Å². The van der Waals surface area contributed by atoms with Gasteiger partial charge in [-0.15, -0.1) is 0 Å². The molecule has 2 aromatic rings. The van der Waals surface area contributed by atoms with Crippen molar-refractivity contribution in [2.75, 3.05) is 11.9 Å². The van der Waals surface area contributed by atoms with Gasteiger partial charge >= 0.3 is 0 Å². The van der Waals surface area contributed by atoms with Gasteiger partial charge in [0.25, 0.3) is 0 Å².